The van der Waals surface area contributed by atoms with Crippen LogP contribution in [-0.2, 0) is 6.54 Å². The van der Waals surface area contributed by atoms with Crippen LogP contribution < -0.4 is 9.47 Å². The average molecular weight is 321 g/mol. The summed E-state index contributed by atoms with van der Waals surface area (Å²) in [5.41, 5.74) is 2.49. The number of allylic oxidation sites excluding steroid dienone is 2. The highest BCUT2D eigenvalue weighted by Crippen LogP contribution is 2.21. The molecule has 116 valence electrons. The van der Waals surface area contributed by atoms with Gasteiger partial charge in [0.25, 0.3) is 5.01 Å². The Morgan fingerprint density at radius 3 is 2.52 bits per heavy atom. The first kappa shape index (κ1) is 15.5. The van der Waals surface area contributed by atoms with Gasteiger partial charge in [0.2, 0.25) is 5.52 Å². The second-order valence-corrected chi connectivity index (χ2v) is 6.36. The summed E-state index contributed by atoms with van der Waals surface area (Å²) in [7, 11) is 2.06. The fourth-order valence-corrected chi connectivity index (χ4v) is 3.71. The largest absolute Gasteiger partial charge is 0.351 e. The van der Waals surface area contributed by atoms with Crippen LogP contribution in [0.2, 0.25) is 0 Å². The van der Waals surface area contributed by atoms with E-state index >= 15 is 0 Å². The number of thiazole rings is 1. The molecule has 0 N–H and O–H groups in total. The lowest BCUT2D eigenvalue weighted by Crippen LogP contribution is -2.33. The summed E-state index contributed by atoms with van der Waals surface area (Å²) >= 11 is 1.83. The van der Waals surface area contributed by atoms with E-state index in [0.29, 0.717) is 0 Å². The molecule has 0 amide bonds. The number of benzene rings is 2. The van der Waals surface area contributed by atoms with Crippen molar-refractivity contribution in [3.63, 3.8) is 0 Å². The summed E-state index contributed by atoms with van der Waals surface area (Å²) < 4.78 is 3.69. The summed E-state index contributed by atoms with van der Waals surface area (Å²) in [6.07, 6.45) is 8.45. The topological polar surface area (TPSA) is 7.12 Å². The van der Waals surface area contributed by atoms with E-state index < -0.39 is 0 Å². The van der Waals surface area contributed by atoms with Gasteiger partial charge in [-0.15, -0.1) is 0 Å². The van der Waals surface area contributed by atoms with Gasteiger partial charge in [-0.2, -0.15) is 4.57 Å². The third-order valence-corrected chi connectivity index (χ3v) is 4.91. The van der Waals surface area contributed by atoms with Crippen LogP contribution in [-0.4, -0.2) is 7.05 Å². The monoisotopic (exact) mass is 321 g/mol. The van der Waals surface area contributed by atoms with E-state index in [1.165, 1.54) is 20.9 Å². The molecule has 0 unspecified atom stereocenters. The summed E-state index contributed by atoms with van der Waals surface area (Å²) in [4.78, 5) is 2.11. The molecular weight excluding hydrogens is 300 g/mol. The van der Waals surface area contributed by atoms with Crippen LogP contribution in [0.15, 0.2) is 72.9 Å². The number of fused-ring (bicyclic) bond motifs is 1. The summed E-state index contributed by atoms with van der Waals surface area (Å²) in [5.74, 6) is 0. The Kier molecular flexibility index (Phi) is 4.89. The van der Waals surface area contributed by atoms with Gasteiger partial charge in [-0.25, -0.2) is 0 Å². The first-order chi connectivity index (χ1) is 11.3. The molecule has 0 spiro atoms. The summed E-state index contributed by atoms with van der Waals surface area (Å²) in [6, 6.07) is 18.9. The molecule has 0 fully saturated rings. The van der Waals surface area contributed by atoms with Crippen LogP contribution in [0.1, 0.15) is 11.9 Å². The minimum Gasteiger partial charge on any atom is -0.351 e. The van der Waals surface area contributed by atoms with Crippen LogP contribution in [0.4, 0.5) is 5.69 Å². The predicted molar refractivity (Wildman–Crippen MR) is 101 cm³/mol. The summed E-state index contributed by atoms with van der Waals surface area (Å²) in [5, 5.41) is 1.28. The third kappa shape index (κ3) is 3.51. The number of aryl methyl sites for hydroxylation is 1. The van der Waals surface area contributed by atoms with Crippen LogP contribution >= 0.6 is 11.3 Å². The van der Waals surface area contributed by atoms with Crippen molar-refractivity contribution in [3.8, 4) is 0 Å². The number of hydrogen-bond acceptors (Lipinski definition) is 2. The Balaban J connectivity index is 1.77. The zero-order chi connectivity index (χ0) is 16.1. The van der Waals surface area contributed by atoms with Crippen LogP contribution in [0, 0.1) is 0 Å². The molecule has 0 bridgehead atoms. The maximum absolute atomic E-state index is 2.35. The Morgan fingerprint density at radius 2 is 1.74 bits per heavy atom. The molecular formula is C20H21N2S+. The molecule has 1 aromatic heterocycles. The highest BCUT2D eigenvalue weighted by atomic mass is 32.1. The minimum atomic E-state index is 0.983. The van der Waals surface area contributed by atoms with Crippen molar-refractivity contribution in [2.24, 2.45) is 0 Å². The highest BCUT2D eigenvalue weighted by Gasteiger charge is 2.15. The number of nitrogens with zero attached hydrogens (tertiary/aromatic N) is 2. The van der Waals surface area contributed by atoms with Crippen molar-refractivity contribution in [2.45, 2.75) is 13.5 Å². The van der Waals surface area contributed by atoms with Crippen molar-refractivity contribution in [2.75, 3.05) is 11.9 Å². The summed E-state index contributed by atoms with van der Waals surface area (Å²) in [6.45, 7) is 3.17. The molecule has 0 saturated carbocycles. The standard InChI is InChI=1S/C20H21N2S/c1-3-22-18-13-7-8-14-19(18)23-20(22)15-9-10-16-21(2)17-11-5-4-6-12-17/h4-16H,3H2,1-2H3/q+1. The van der Waals surface area contributed by atoms with Crippen molar-refractivity contribution >= 4 is 33.3 Å². The van der Waals surface area contributed by atoms with Crippen LogP contribution in [0.5, 0.6) is 0 Å². The van der Waals surface area contributed by atoms with Crippen molar-refractivity contribution in [1.82, 2.24) is 0 Å². The quantitative estimate of drug-likeness (QED) is 0.480. The molecule has 3 aromatic rings. The van der Waals surface area contributed by atoms with Gasteiger partial charge < -0.3 is 4.90 Å². The Hall–Kier alpha value is -2.39. The van der Waals surface area contributed by atoms with Crippen molar-refractivity contribution < 1.29 is 4.57 Å². The van der Waals surface area contributed by atoms with Gasteiger partial charge in [0, 0.05) is 31.1 Å². The number of anilines is 1. The van der Waals surface area contributed by atoms with Gasteiger partial charge in [-0.3, -0.25) is 0 Å². The fraction of sp³-hybridized carbons (Fsp3) is 0.150. The Labute approximate surface area is 141 Å². The van der Waals surface area contributed by atoms with E-state index in [2.05, 4.69) is 96.4 Å². The van der Waals surface area contributed by atoms with E-state index in [1.54, 1.807) is 0 Å². The van der Waals surface area contributed by atoms with E-state index in [-0.39, 0.29) is 0 Å². The highest BCUT2D eigenvalue weighted by molar-refractivity contribution is 7.18. The molecule has 3 rings (SSSR count). The maximum Gasteiger partial charge on any atom is 0.262 e. The first-order valence-electron chi connectivity index (χ1n) is 7.83. The lowest BCUT2D eigenvalue weighted by Gasteiger charge is -2.12. The minimum absolute atomic E-state index is 0.983. The SMILES string of the molecule is CC[n+]1c(C=CC=CN(C)c2ccccc2)sc2ccccc21. The molecule has 1 heterocycles. The normalized spacial score (nSPS) is 11.7. The lowest BCUT2D eigenvalue weighted by atomic mass is 10.3. The maximum atomic E-state index is 2.35. The molecule has 3 heteroatoms. The molecule has 2 aromatic carbocycles. The Bertz CT molecular complexity index is 831. The van der Waals surface area contributed by atoms with E-state index in [4.69, 9.17) is 0 Å². The zero-order valence-electron chi connectivity index (χ0n) is 13.5. The van der Waals surface area contributed by atoms with E-state index in [0.717, 1.165) is 6.54 Å². The van der Waals surface area contributed by atoms with Crippen LogP contribution in [0.3, 0.4) is 0 Å². The number of hydrogen-bond donors (Lipinski definition) is 0. The molecule has 0 atom stereocenters. The van der Waals surface area contributed by atoms with Gasteiger partial charge in [-0.05, 0) is 31.2 Å². The molecule has 0 radical (unpaired) electrons. The first-order valence-corrected chi connectivity index (χ1v) is 8.65. The number of aromatic nitrogens is 1. The zero-order valence-corrected chi connectivity index (χ0v) is 14.3. The molecule has 0 aliphatic carbocycles. The second kappa shape index (κ2) is 7.25. The lowest BCUT2D eigenvalue weighted by molar-refractivity contribution is -0.665. The van der Waals surface area contributed by atoms with Gasteiger partial charge in [-0.1, -0.05) is 47.7 Å². The number of rotatable bonds is 5. The molecule has 23 heavy (non-hydrogen) atoms. The molecule has 0 saturated heterocycles. The van der Waals surface area contributed by atoms with Gasteiger partial charge in [0.05, 0.1) is 0 Å². The average Bonchev–Trinajstić information content (AvgIpc) is 2.96. The molecule has 2 nitrogen and oxygen atoms in total. The molecule has 0 aliphatic heterocycles. The predicted octanol–water partition coefficient (Wildman–Crippen LogP) is 4.87. The van der Waals surface area contributed by atoms with E-state index in [9.17, 15) is 0 Å². The second-order valence-electron chi connectivity index (χ2n) is 5.30. The van der Waals surface area contributed by atoms with Gasteiger partial charge in [0.15, 0.2) is 0 Å². The van der Waals surface area contributed by atoms with Crippen molar-refractivity contribution in [3.05, 3.63) is 78.0 Å². The third-order valence-electron chi connectivity index (χ3n) is 3.78. The molecule has 0 aliphatic rings. The smallest absolute Gasteiger partial charge is 0.262 e. The van der Waals surface area contributed by atoms with Crippen molar-refractivity contribution in [1.29, 1.82) is 0 Å². The fourth-order valence-electron chi connectivity index (χ4n) is 2.57. The Morgan fingerprint density at radius 1 is 1.00 bits per heavy atom. The number of para-hydroxylation sites is 2. The van der Waals surface area contributed by atoms with Crippen LogP contribution in [0.25, 0.3) is 16.3 Å². The van der Waals surface area contributed by atoms with Gasteiger partial charge >= 0.3 is 0 Å². The van der Waals surface area contributed by atoms with Gasteiger partial charge in [0.1, 0.15) is 11.2 Å². The van der Waals surface area contributed by atoms with E-state index in [1.807, 2.05) is 17.4 Å².